The Kier molecular flexibility index (Phi) is 1.93. The molecule has 0 unspecified atom stereocenters. The van der Waals surface area contributed by atoms with Crippen molar-refractivity contribution in [1.29, 1.82) is 0 Å². The molecule has 1 heterocycles. The third kappa shape index (κ3) is 1.57. The summed E-state index contributed by atoms with van der Waals surface area (Å²) in [4.78, 5) is 15.9. The van der Waals surface area contributed by atoms with Crippen LogP contribution < -0.4 is 16.9 Å². The molecular formula is C4H6BN3O3. The maximum atomic E-state index is 10.5. The standard InChI is InChI=1S/C4H6BN3O3/c6-3-2(5(10)11)1-7-4(9)8-3/h1,10-11H,(H3,6,7,8,9). The van der Waals surface area contributed by atoms with Gasteiger partial charge in [-0.15, -0.1) is 0 Å². The van der Waals surface area contributed by atoms with Gasteiger partial charge < -0.3 is 20.8 Å². The van der Waals surface area contributed by atoms with Gasteiger partial charge in [0.1, 0.15) is 5.82 Å². The van der Waals surface area contributed by atoms with Crippen molar-refractivity contribution in [3.8, 4) is 0 Å². The summed E-state index contributed by atoms with van der Waals surface area (Å²) in [6, 6.07) is 0. The number of nitrogens with one attached hydrogen (secondary N) is 1. The molecule has 11 heavy (non-hydrogen) atoms. The first-order chi connectivity index (χ1) is 5.11. The summed E-state index contributed by atoms with van der Waals surface area (Å²) in [6.45, 7) is 0. The minimum absolute atomic E-state index is 0.00963. The van der Waals surface area contributed by atoms with Crippen molar-refractivity contribution >= 4 is 18.4 Å². The molecule has 0 radical (unpaired) electrons. The Morgan fingerprint density at radius 2 is 2.27 bits per heavy atom. The molecule has 0 spiro atoms. The summed E-state index contributed by atoms with van der Waals surface area (Å²) in [6.07, 6.45) is 1.11. The third-order valence-electron chi connectivity index (χ3n) is 1.15. The number of hydrogen-bond donors (Lipinski definition) is 4. The second-order valence-corrected chi connectivity index (χ2v) is 1.92. The third-order valence-corrected chi connectivity index (χ3v) is 1.15. The number of nitrogens with two attached hydrogens (primary N) is 1. The van der Waals surface area contributed by atoms with Gasteiger partial charge in [0.25, 0.3) is 0 Å². The Balaban J connectivity index is 3.20. The van der Waals surface area contributed by atoms with Crippen LogP contribution in [-0.2, 0) is 0 Å². The number of hydrogen-bond acceptors (Lipinski definition) is 5. The van der Waals surface area contributed by atoms with Crippen molar-refractivity contribution in [2.75, 3.05) is 5.73 Å². The topological polar surface area (TPSA) is 112 Å². The molecule has 0 aromatic carbocycles. The highest BCUT2D eigenvalue weighted by molar-refractivity contribution is 6.60. The predicted molar refractivity (Wildman–Crippen MR) is 39.1 cm³/mol. The Bertz CT molecular complexity index is 310. The maximum Gasteiger partial charge on any atom is 0.493 e. The van der Waals surface area contributed by atoms with Crippen LogP contribution in [0.4, 0.5) is 5.82 Å². The van der Waals surface area contributed by atoms with Crippen molar-refractivity contribution in [3.05, 3.63) is 16.7 Å². The minimum atomic E-state index is -1.71. The molecule has 0 aliphatic rings. The molecule has 0 bridgehead atoms. The molecule has 0 atom stereocenters. The lowest BCUT2D eigenvalue weighted by Gasteiger charge is -1.99. The number of nitrogens with zero attached hydrogens (tertiary/aromatic N) is 1. The average molecular weight is 155 g/mol. The van der Waals surface area contributed by atoms with Gasteiger partial charge in [-0.25, -0.2) is 4.79 Å². The lowest BCUT2D eigenvalue weighted by Crippen LogP contribution is -2.36. The number of aromatic amines is 1. The van der Waals surface area contributed by atoms with E-state index in [4.69, 9.17) is 15.8 Å². The Labute approximate surface area is 61.9 Å². The fourth-order valence-electron chi connectivity index (χ4n) is 0.626. The van der Waals surface area contributed by atoms with Gasteiger partial charge in [0, 0.05) is 11.7 Å². The van der Waals surface area contributed by atoms with E-state index in [1.165, 1.54) is 0 Å². The van der Waals surface area contributed by atoms with Crippen molar-refractivity contribution in [3.63, 3.8) is 0 Å². The highest BCUT2D eigenvalue weighted by Crippen LogP contribution is 1.84. The second kappa shape index (κ2) is 2.73. The van der Waals surface area contributed by atoms with Crippen LogP contribution in [0.15, 0.2) is 11.0 Å². The fraction of sp³-hybridized carbons (Fsp3) is 0. The fourth-order valence-corrected chi connectivity index (χ4v) is 0.626. The summed E-state index contributed by atoms with van der Waals surface area (Å²) in [5.41, 5.74) is 4.54. The summed E-state index contributed by atoms with van der Waals surface area (Å²) < 4.78 is 0. The lowest BCUT2D eigenvalue weighted by molar-refractivity contribution is 0.425. The monoisotopic (exact) mass is 155 g/mol. The SMILES string of the molecule is Nc1nc(=O)[nH]cc1B(O)O. The molecule has 5 N–H and O–H groups in total. The van der Waals surface area contributed by atoms with Gasteiger partial charge in [0.05, 0.1) is 0 Å². The molecule has 6 nitrogen and oxygen atoms in total. The maximum absolute atomic E-state index is 10.5. The molecule has 0 aliphatic carbocycles. The normalized spacial score (nSPS) is 9.64. The highest BCUT2D eigenvalue weighted by atomic mass is 16.4. The zero-order valence-electron chi connectivity index (χ0n) is 5.48. The van der Waals surface area contributed by atoms with Gasteiger partial charge in [-0.1, -0.05) is 0 Å². The van der Waals surface area contributed by atoms with E-state index in [-0.39, 0.29) is 11.3 Å². The van der Waals surface area contributed by atoms with E-state index in [1.807, 2.05) is 0 Å². The van der Waals surface area contributed by atoms with Crippen LogP contribution in [-0.4, -0.2) is 27.1 Å². The summed E-state index contributed by atoms with van der Waals surface area (Å²) in [5.74, 6) is -0.177. The molecule has 0 saturated carbocycles. The number of anilines is 1. The second-order valence-electron chi connectivity index (χ2n) is 1.92. The van der Waals surface area contributed by atoms with Crippen LogP contribution in [0.2, 0.25) is 0 Å². The van der Waals surface area contributed by atoms with Crippen LogP contribution in [0, 0.1) is 0 Å². The smallest absolute Gasteiger partial charge is 0.423 e. The molecule has 0 saturated heterocycles. The van der Waals surface area contributed by atoms with E-state index in [9.17, 15) is 4.79 Å². The molecule has 7 heteroatoms. The van der Waals surface area contributed by atoms with Crippen molar-refractivity contribution in [2.45, 2.75) is 0 Å². The van der Waals surface area contributed by atoms with Crippen molar-refractivity contribution < 1.29 is 10.0 Å². The number of nitrogen functional groups attached to an aromatic ring is 1. The summed E-state index contributed by atoms with van der Waals surface area (Å²) >= 11 is 0. The van der Waals surface area contributed by atoms with E-state index in [0.717, 1.165) is 6.20 Å². The molecule has 0 aliphatic heterocycles. The van der Waals surface area contributed by atoms with E-state index < -0.39 is 12.8 Å². The molecule has 1 rings (SSSR count). The molecule has 58 valence electrons. The van der Waals surface area contributed by atoms with Crippen LogP contribution in [0.3, 0.4) is 0 Å². The summed E-state index contributed by atoms with van der Waals surface area (Å²) in [7, 11) is -1.71. The van der Waals surface area contributed by atoms with Crippen LogP contribution in [0.5, 0.6) is 0 Å². The zero-order chi connectivity index (χ0) is 8.43. The van der Waals surface area contributed by atoms with Gasteiger partial charge in [-0.05, 0) is 0 Å². The Hall–Kier alpha value is -1.34. The molecule has 1 aromatic heterocycles. The summed E-state index contributed by atoms with van der Waals surface area (Å²) in [5, 5.41) is 17.2. The van der Waals surface area contributed by atoms with E-state index >= 15 is 0 Å². The van der Waals surface area contributed by atoms with E-state index in [2.05, 4.69) is 9.97 Å². The lowest BCUT2D eigenvalue weighted by atomic mass is 9.82. The molecule has 0 amide bonds. The molecule has 1 aromatic rings. The van der Waals surface area contributed by atoms with Crippen molar-refractivity contribution in [2.24, 2.45) is 0 Å². The van der Waals surface area contributed by atoms with Gasteiger partial charge in [0.15, 0.2) is 0 Å². The quantitative estimate of drug-likeness (QED) is 0.323. The number of H-pyrrole nitrogens is 1. The van der Waals surface area contributed by atoms with Gasteiger partial charge in [-0.3, -0.25) is 0 Å². The van der Waals surface area contributed by atoms with Crippen LogP contribution >= 0.6 is 0 Å². The Morgan fingerprint density at radius 1 is 1.64 bits per heavy atom. The van der Waals surface area contributed by atoms with E-state index in [0.29, 0.717) is 0 Å². The van der Waals surface area contributed by atoms with E-state index in [1.54, 1.807) is 0 Å². The minimum Gasteiger partial charge on any atom is -0.423 e. The largest absolute Gasteiger partial charge is 0.493 e. The first-order valence-corrected chi connectivity index (χ1v) is 2.82. The highest BCUT2D eigenvalue weighted by Gasteiger charge is 2.15. The average Bonchev–Trinajstić information content (AvgIpc) is 1.85. The first kappa shape index (κ1) is 7.77. The van der Waals surface area contributed by atoms with Gasteiger partial charge in [0.2, 0.25) is 0 Å². The number of aromatic nitrogens is 2. The van der Waals surface area contributed by atoms with Crippen LogP contribution in [0.1, 0.15) is 0 Å². The van der Waals surface area contributed by atoms with Crippen LogP contribution in [0.25, 0.3) is 0 Å². The zero-order valence-corrected chi connectivity index (χ0v) is 5.48. The molecule has 0 fully saturated rings. The molecular weight excluding hydrogens is 149 g/mol. The predicted octanol–water partition coefficient (Wildman–Crippen LogP) is -2.97. The Morgan fingerprint density at radius 3 is 2.73 bits per heavy atom. The van der Waals surface area contributed by atoms with Crippen molar-refractivity contribution in [1.82, 2.24) is 9.97 Å². The van der Waals surface area contributed by atoms with Gasteiger partial charge in [-0.2, -0.15) is 4.98 Å². The van der Waals surface area contributed by atoms with Gasteiger partial charge >= 0.3 is 12.8 Å². The number of rotatable bonds is 1. The first-order valence-electron chi connectivity index (χ1n) is 2.82.